The lowest BCUT2D eigenvalue weighted by atomic mass is 9.44. The third-order valence-electron chi connectivity index (χ3n) is 15.5. The molecule has 22 heteroatoms. The van der Waals surface area contributed by atoms with Gasteiger partial charge in [0.2, 0.25) is 0 Å². The summed E-state index contributed by atoms with van der Waals surface area (Å²) in [5.74, 6) is -8.74. The predicted molar refractivity (Wildman–Crippen MR) is 277 cm³/mol. The molecule has 4 aromatic rings. The van der Waals surface area contributed by atoms with Gasteiger partial charge in [-0.25, -0.2) is 22.8 Å². The van der Waals surface area contributed by atoms with Gasteiger partial charge in [-0.2, -0.15) is 0 Å². The number of aliphatic hydroxyl groups excluding tert-OH is 2. The second-order valence-electron chi connectivity index (χ2n) is 20.8. The Labute approximate surface area is 456 Å². The summed E-state index contributed by atoms with van der Waals surface area (Å²) in [7, 11) is -3.92. The molecular weight excluding hydrogens is 1050 g/mol. The number of nitrogens with two attached hydrogens (primary N) is 1. The number of amides is 1. The molecule has 1 saturated heterocycles. The van der Waals surface area contributed by atoms with E-state index in [0.717, 1.165) is 13.8 Å². The Hall–Kier alpha value is -7.18. The van der Waals surface area contributed by atoms with Crippen molar-refractivity contribution in [3.63, 3.8) is 0 Å². The molecule has 3 fully saturated rings. The number of Topliss-reactive ketones (excluding diaryl/α,β-unsaturated/α-hetero) is 1. The van der Waals surface area contributed by atoms with Crippen LogP contribution in [0.4, 0.5) is 0 Å². The fourth-order valence-corrected chi connectivity index (χ4v) is 11.5. The number of carbonyl (C=O) groups is 7. The third-order valence-corrected chi connectivity index (χ3v) is 15.5. The van der Waals surface area contributed by atoms with Crippen LogP contribution in [0.1, 0.15) is 98.3 Å². The minimum absolute atomic E-state index is 0.0000937. The van der Waals surface area contributed by atoms with Gasteiger partial charge in [-0.15, -0.1) is 0 Å². The fourth-order valence-electron chi connectivity index (χ4n) is 11.5. The SMILES string of the molecule is CC(=O)O[C@H]1C(=O)[C@@]2(C)C([C@H](OC(=O)c3ccccc3)[C@]3(O)C[C@H](OC(=O)[C@H](O)[C@@H](NC(=O)c4ccccc4)c4ccccc4)C(C)=C1C3(C)C)[C@]1(OC(C)=O)CO[C@@H]1C[C@@H]2OC(=O)C(O)C(N)c1ccccc1.CS(=O)(=O)[O-]. The van der Waals surface area contributed by atoms with Crippen molar-refractivity contribution in [2.45, 2.75) is 120 Å². The smallest absolute Gasteiger partial charge is 0.338 e. The maximum absolute atomic E-state index is 16.3. The number of hydrogen-bond acceptors (Lipinski definition) is 20. The van der Waals surface area contributed by atoms with E-state index in [1.165, 1.54) is 39.8 Å². The van der Waals surface area contributed by atoms with Crippen molar-refractivity contribution >= 4 is 51.7 Å². The average Bonchev–Trinajstić information content (AvgIpc) is 3.26. The van der Waals surface area contributed by atoms with Crippen LogP contribution in [-0.2, 0) is 62.5 Å². The summed E-state index contributed by atoms with van der Waals surface area (Å²) in [5, 5.41) is 40.2. The molecule has 6 N–H and O–H groups in total. The Morgan fingerprint density at radius 3 is 1.76 bits per heavy atom. The quantitative estimate of drug-likeness (QED) is 0.0522. The van der Waals surface area contributed by atoms with E-state index in [9.17, 15) is 44.1 Å². The first-order chi connectivity index (χ1) is 37.1. The number of hydrogen-bond donors (Lipinski definition) is 5. The summed E-state index contributed by atoms with van der Waals surface area (Å²) < 4.78 is 64.4. The monoisotopic (exact) mass is 1110 g/mol. The highest BCUT2D eigenvalue weighted by Gasteiger charge is 2.79. The molecular formula is C57H63N2O19S-. The van der Waals surface area contributed by atoms with Crippen molar-refractivity contribution in [1.29, 1.82) is 0 Å². The Kier molecular flexibility index (Phi) is 17.5. The van der Waals surface area contributed by atoms with Crippen LogP contribution in [-0.4, -0.2) is 137 Å². The number of ketones is 1. The van der Waals surface area contributed by atoms with Crippen molar-refractivity contribution in [1.82, 2.24) is 5.32 Å². The van der Waals surface area contributed by atoms with E-state index in [2.05, 4.69) is 5.32 Å². The Morgan fingerprint density at radius 2 is 1.25 bits per heavy atom. The van der Waals surface area contributed by atoms with E-state index in [-0.39, 0.29) is 28.7 Å². The highest BCUT2D eigenvalue weighted by Crippen LogP contribution is 2.65. The topological polar surface area (TPSA) is 331 Å². The predicted octanol–water partition coefficient (Wildman–Crippen LogP) is 3.51. The first-order valence-electron chi connectivity index (χ1n) is 25.2. The fraction of sp³-hybridized carbons (Fsp3) is 0.421. The van der Waals surface area contributed by atoms with Gasteiger partial charge in [0.1, 0.15) is 30.0 Å². The van der Waals surface area contributed by atoms with Crippen molar-refractivity contribution < 1.29 is 90.3 Å². The van der Waals surface area contributed by atoms with E-state index in [4.69, 9.17) is 47.1 Å². The number of rotatable bonds is 14. The maximum Gasteiger partial charge on any atom is 0.338 e. The molecule has 0 radical (unpaired) electrons. The summed E-state index contributed by atoms with van der Waals surface area (Å²) >= 11 is 0. The molecule has 1 aliphatic heterocycles. The Balaban J connectivity index is 0.00000173. The number of benzene rings is 4. The molecule has 0 aromatic heterocycles. The summed E-state index contributed by atoms with van der Waals surface area (Å²) in [6.45, 7) is 7.62. The minimum Gasteiger partial charge on any atom is -0.748 e. The van der Waals surface area contributed by atoms with Crippen LogP contribution in [0.2, 0.25) is 0 Å². The minimum atomic E-state index is -3.92. The zero-order valence-electron chi connectivity index (χ0n) is 44.3. The van der Waals surface area contributed by atoms with Gasteiger partial charge in [-0.05, 0) is 60.4 Å². The molecule has 3 aliphatic carbocycles. The van der Waals surface area contributed by atoms with Crippen LogP contribution in [0.5, 0.6) is 0 Å². The first-order valence-corrected chi connectivity index (χ1v) is 27.0. The number of nitrogens with one attached hydrogen (secondary N) is 1. The molecule has 8 rings (SSSR count). The zero-order chi connectivity index (χ0) is 58.0. The molecule has 4 aliphatic rings. The number of aliphatic hydroxyl groups is 3. The van der Waals surface area contributed by atoms with Crippen LogP contribution in [0.15, 0.2) is 132 Å². The third kappa shape index (κ3) is 11.9. The Bertz CT molecular complexity index is 3080. The van der Waals surface area contributed by atoms with Gasteiger partial charge >= 0.3 is 29.8 Å². The molecule has 1 heterocycles. The molecule has 3 unspecified atom stereocenters. The van der Waals surface area contributed by atoms with Crippen LogP contribution in [0.25, 0.3) is 0 Å². The molecule has 1 amide bonds. The number of fused-ring (bicyclic) bond motifs is 5. The summed E-state index contributed by atoms with van der Waals surface area (Å²) in [6, 6.07) is 29.5. The standard InChI is InChI=1S/C56H60N2O16.CH4O3S/c1-30-37(71-52(67)44(62)42(34-21-13-8-14-22-34)58-49(64)35-23-15-9-16-24-35)28-56(68)48(73-50(65)36-25-17-10-18-26-36)46-54(6,47(63)45(70-31(2)59)40(30)53(56,4)5)38(27-39-55(46,29-69-39)74-32(3)60)72-51(66)43(61)41(57)33-19-11-7-12-20-33;1-5(2,3)4/h7-26,37-39,41-46,48,61-62,68H,27-29,57H2,1-6H3,(H,58,64);1H3,(H,2,3,4)/p-1/t37-,38-,39+,41?,42-,43?,44+,45+,46?,48-,54+,55-,56+;/m0./s1. The lowest BCUT2D eigenvalue weighted by molar-refractivity contribution is -0.346. The average molecular weight is 1110 g/mol. The molecule has 2 saturated carbocycles. The van der Waals surface area contributed by atoms with Crippen molar-refractivity contribution in [3.8, 4) is 0 Å². The largest absolute Gasteiger partial charge is 0.748 e. The van der Waals surface area contributed by atoms with Crippen LogP contribution >= 0.6 is 0 Å². The van der Waals surface area contributed by atoms with E-state index in [1.54, 1.807) is 109 Å². The van der Waals surface area contributed by atoms with Gasteiger partial charge < -0.3 is 59.3 Å². The van der Waals surface area contributed by atoms with Gasteiger partial charge in [0.05, 0.1) is 45.7 Å². The Morgan fingerprint density at radius 1 is 0.747 bits per heavy atom. The van der Waals surface area contributed by atoms with Gasteiger partial charge in [0, 0.05) is 43.9 Å². The number of carbonyl (C=O) groups excluding carboxylic acids is 7. The number of ether oxygens (including phenoxy) is 6. The summed E-state index contributed by atoms with van der Waals surface area (Å²) in [4.78, 5) is 100. The second kappa shape index (κ2) is 23.3. The number of esters is 5. The summed E-state index contributed by atoms with van der Waals surface area (Å²) in [6.07, 6.45) is -12.9. The maximum atomic E-state index is 16.3. The highest BCUT2D eigenvalue weighted by molar-refractivity contribution is 7.84. The second-order valence-corrected chi connectivity index (χ2v) is 22.3. The molecule has 2 bridgehead atoms. The van der Waals surface area contributed by atoms with Crippen molar-refractivity contribution in [2.75, 3.05) is 12.9 Å². The first kappa shape index (κ1) is 59.5. The van der Waals surface area contributed by atoms with Crippen LogP contribution in [0.3, 0.4) is 0 Å². The van der Waals surface area contributed by atoms with E-state index in [1.807, 2.05) is 0 Å². The van der Waals surface area contributed by atoms with Gasteiger partial charge in [0.25, 0.3) is 5.91 Å². The molecule has 79 heavy (non-hydrogen) atoms. The molecule has 4 aromatic carbocycles. The van der Waals surface area contributed by atoms with E-state index < -0.39 is 147 Å². The van der Waals surface area contributed by atoms with Gasteiger partial charge in [-0.1, -0.05) is 111 Å². The van der Waals surface area contributed by atoms with Crippen molar-refractivity contribution in [2.24, 2.45) is 22.5 Å². The van der Waals surface area contributed by atoms with Crippen molar-refractivity contribution in [3.05, 3.63) is 155 Å². The summed E-state index contributed by atoms with van der Waals surface area (Å²) in [5.41, 5.74) is -1.25. The van der Waals surface area contributed by atoms with Gasteiger partial charge in [-0.3, -0.25) is 19.2 Å². The molecule has 422 valence electrons. The lowest BCUT2D eigenvalue weighted by Gasteiger charge is -2.67. The molecule has 0 spiro atoms. The molecule has 21 nitrogen and oxygen atoms in total. The highest BCUT2D eigenvalue weighted by atomic mass is 32.2. The van der Waals surface area contributed by atoms with Crippen LogP contribution < -0.4 is 11.1 Å². The van der Waals surface area contributed by atoms with Crippen LogP contribution in [0, 0.1) is 16.7 Å². The lowest BCUT2D eigenvalue weighted by Crippen LogP contribution is -2.82. The zero-order valence-corrected chi connectivity index (χ0v) is 45.1. The molecule has 13 atom stereocenters. The van der Waals surface area contributed by atoms with Gasteiger partial charge in [0.15, 0.2) is 29.7 Å². The van der Waals surface area contributed by atoms with E-state index in [0.29, 0.717) is 17.4 Å². The van der Waals surface area contributed by atoms with E-state index >= 15 is 4.79 Å². The normalized spacial score (nSPS) is 28.2.